The second kappa shape index (κ2) is 9.29. The molecule has 0 radical (unpaired) electrons. The van der Waals surface area contributed by atoms with Crippen molar-refractivity contribution < 1.29 is 27.2 Å². The number of nitrogens with one attached hydrogen (secondary N) is 1. The Hall–Kier alpha value is -1.88. The zero-order chi connectivity index (χ0) is 21.0. The van der Waals surface area contributed by atoms with Crippen LogP contribution in [0.3, 0.4) is 0 Å². The van der Waals surface area contributed by atoms with Crippen molar-refractivity contribution in [3.8, 4) is 0 Å². The number of nitrogens with zero attached hydrogens (tertiary/aromatic N) is 1. The summed E-state index contributed by atoms with van der Waals surface area (Å²) >= 11 is 7.28. The summed E-state index contributed by atoms with van der Waals surface area (Å²) in [5.41, 5.74) is 0. The number of esters is 1. The molecular weight excluding hydrogens is 440 g/mol. The van der Waals surface area contributed by atoms with E-state index in [-0.39, 0.29) is 42.4 Å². The maximum absolute atomic E-state index is 12.7. The Morgan fingerprint density at radius 3 is 2.62 bits per heavy atom. The van der Waals surface area contributed by atoms with Gasteiger partial charge in [0.15, 0.2) is 0 Å². The van der Waals surface area contributed by atoms with Crippen LogP contribution in [0, 0.1) is 5.92 Å². The van der Waals surface area contributed by atoms with Gasteiger partial charge in [-0.25, -0.2) is 13.2 Å². The molecule has 0 unspecified atom stereocenters. The van der Waals surface area contributed by atoms with E-state index < -0.39 is 16.0 Å². The van der Waals surface area contributed by atoms with Crippen LogP contribution in [0.25, 0.3) is 0 Å². The molecule has 2 aromatic rings. The molecule has 1 N–H and O–H groups in total. The topological polar surface area (TPSA) is 106 Å². The quantitative estimate of drug-likeness (QED) is 0.637. The molecule has 29 heavy (non-hydrogen) atoms. The number of carbonyl (C=O) groups is 2. The van der Waals surface area contributed by atoms with Gasteiger partial charge < -0.3 is 14.5 Å². The van der Waals surface area contributed by atoms with E-state index in [4.69, 9.17) is 20.8 Å². The third-order valence-electron chi connectivity index (χ3n) is 4.54. The molecule has 8 nitrogen and oxygen atoms in total. The van der Waals surface area contributed by atoms with Crippen molar-refractivity contribution in [2.75, 3.05) is 19.7 Å². The summed E-state index contributed by atoms with van der Waals surface area (Å²) in [5.74, 6) is -1.23. The highest BCUT2D eigenvalue weighted by Crippen LogP contribution is 2.26. The molecule has 1 saturated heterocycles. The maximum atomic E-state index is 12.7. The van der Waals surface area contributed by atoms with Gasteiger partial charge in [0.05, 0.1) is 17.5 Å². The van der Waals surface area contributed by atoms with Crippen molar-refractivity contribution in [1.82, 2.24) is 9.62 Å². The third kappa shape index (κ3) is 5.19. The Balaban J connectivity index is 1.55. The number of hydrogen-bond acceptors (Lipinski definition) is 7. The van der Waals surface area contributed by atoms with E-state index in [0.717, 1.165) is 4.88 Å². The molecule has 158 valence electrons. The number of hydrogen-bond donors (Lipinski definition) is 1. The van der Waals surface area contributed by atoms with Gasteiger partial charge in [0.25, 0.3) is 10.0 Å². The lowest BCUT2D eigenvalue weighted by Gasteiger charge is -2.29. The molecular formula is C18H21ClN2O6S2. The van der Waals surface area contributed by atoms with Crippen LogP contribution in [-0.4, -0.2) is 44.3 Å². The summed E-state index contributed by atoms with van der Waals surface area (Å²) in [7, 11) is -3.88. The van der Waals surface area contributed by atoms with Gasteiger partial charge in [0, 0.05) is 23.9 Å². The third-order valence-corrected chi connectivity index (χ3v) is 7.55. The summed E-state index contributed by atoms with van der Waals surface area (Å²) in [6.45, 7) is 2.60. The van der Waals surface area contributed by atoms with Crippen LogP contribution in [0.2, 0.25) is 4.34 Å². The number of rotatable bonds is 7. The minimum atomic E-state index is -3.88. The second-order valence-electron chi connectivity index (χ2n) is 6.44. The molecule has 0 atom stereocenters. The van der Waals surface area contributed by atoms with Gasteiger partial charge in [0.1, 0.15) is 0 Å². The van der Waals surface area contributed by atoms with Gasteiger partial charge in [-0.2, -0.15) is 4.31 Å². The molecule has 0 spiro atoms. The number of furan rings is 1. The first-order chi connectivity index (χ1) is 13.8. The summed E-state index contributed by atoms with van der Waals surface area (Å²) in [6, 6.07) is 6.16. The highest BCUT2D eigenvalue weighted by molar-refractivity contribution is 7.89. The monoisotopic (exact) mass is 460 g/mol. The van der Waals surface area contributed by atoms with Crippen molar-refractivity contribution in [2.24, 2.45) is 5.92 Å². The summed E-state index contributed by atoms with van der Waals surface area (Å²) in [6.07, 6.45) is 0.809. The van der Waals surface area contributed by atoms with Crippen LogP contribution in [0.15, 0.2) is 33.8 Å². The molecule has 2 aromatic heterocycles. The van der Waals surface area contributed by atoms with E-state index in [0.29, 0.717) is 23.7 Å². The minimum Gasteiger partial charge on any atom is -0.460 e. The standard InChI is InChI=1S/C18H21ClN2O6S2/c1-2-26-18(23)14-4-6-16(27-14)29(24,25)21-9-7-12(8-10-21)17(22)20-11-13-3-5-15(19)28-13/h3-6,12H,2,7-11H2,1H3,(H,20,22). The molecule has 0 aromatic carbocycles. The lowest BCUT2D eigenvalue weighted by Crippen LogP contribution is -2.42. The fourth-order valence-electron chi connectivity index (χ4n) is 3.02. The Morgan fingerprint density at radius 1 is 1.28 bits per heavy atom. The molecule has 1 fully saturated rings. The van der Waals surface area contributed by atoms with Crippen molar-refractivity contribution in [1.29, 1.82) is 0 Å². The molecule has 3 rings (SSSR count). The molecule has 0 aliphatic carbocycles. The molecule has 1 aliphatic heterocycles. The average Bonchev–Trinajstić information content (AvgIpc) is 3.36. The van der Waals surface area contributed by atoms with Crippen molar-refractivity contribution in [3.63, 3.8) is 0 Å². The fourth-order valence-corrected chi connectivity index (χ4v) is 5.43. The smallest absolute Gasteiger partial charge is 0.374 e. The summed E-state index contributed by atoms with van der Waals surface area (Å²) < 4.78 is 37.4. The van der Waals surface area contributed by atoms with Crippen molar-refractivity contribution in [3.05, 3.63) is 39.2 Å². The summed E-state index contributed by atoms with van der Waals surface area (Å²) in [4.78, 5) is 25.0. The van der Waals surface area contributed by atoms with Crippen molar-refractivity contribution >= 4 is 44.8 Å². The number of sulfonamides is 1. The SMILES string of the molecule is CCOC(=O)c1ccc(S(=O)(=O)N2CCC(C(=O)NCc3ccc(Cl)s3)CC2)o1. The van der Waals surface area contributed by atoms with Crippen LogP contribution in [0.1, 0.15) is 35.2 Å². The second-order valence-corrected chi connectivity index (χ2v) is 10.1. The van der Waals surface area contributed by atoms with Gasteiger partial charge in [-0.15, -0.1) is 11.3 Å². The van der Waals surface area contributed by atoms with E-state index >= 15 is 0 Å². The van der Waals surface area contributed by atoms with Crippen molar-refractivity contribution in [2.45, 2.75) is 31.4 Å². The van der Waals surface area contributed by atoms with E-state index in [1.54, 1.807) is 13.0 Å². The lowest BCUT2D eigenvalue weighted by atomic mass is 9.97. The predicted octanol–water partition coefficient (Wildman–Crippen LogP) is 2.89. The van der Waals surface area contributed by atoms with Crippen LogP contribution in [0.4, 0.5) is 0 Å². The highest BCUT2D eigenvalue weighted by Gasteiger charge is 2.34. The number of halogens is 1. The average molecular weight is 461 g/mol. The number of carbonyl (C=O) groups excluding carboxylic acids is 2. The van der Waals surface area contributed by atoms with E-state index in [1.165, 1.54) is 27.8 Å². The van der Waals surface area contributed by atoms with Gasteiger partial charge in [-0.1, -0.05) is 11.6 Å². The van der Waals surface area contributed by atoms with Crippen LogP contribution in [-0.2, 0) is 26.1 Å². The number of thiophene rings is 1. The summed E-state index contributed by atoms with van der Waals surface area (Å²) in [5, 5.41) is 2.56. The normalized spacial score (nSPS) is 15.9. The van der Waals surface area contributed by atoms with Gasteiger partial charge in [0.2, 0.25) is 16.8 Å². The highest BCUT2D eigenvalue weighted by atomic mass is 35.5. The Bertz CT molecular complexity index is 976. The Labute approximate surface area is 177 Å². The maximum Gasteiger partial charge on any atom is 0.374 e. The molecule has 0 bridgehead atoms. The molecule has 1 aliphatic rings. The van der Waals surface area contributed by atoms with Crippen LogP contribution in [0.5, 0.6) is 0 Å². The molecule has 0 saturated carbocycles. The number of ether oxygens (including phenoxy) is 1. The lowest BCUT2D eigenvalue weighted by molar-refractivity contribution is -0.126. The van der Waals surface area contributed by atoms with Crippen LogP contribution >= 0.6 is 22.9 Å². The minimum absolute atomic E-state index is 0.103. The number of piperidine rings is 1. The molecule has 3 heterocycles. The van der Waals surface area contributed by atoms with E-state index in [2.05, 4.69) is 5.32 Å². The van der Waals surface area contributed by atoms with Crippen LogP contribution < -0.4 is 5.32 Å². The predicted molar refractivity (Wildman–Crippen MR) is 107 cm³/mol. The Kier molecular flexibility index (Phi) is 6.99. The van der Waals surface area contributed by atoms with Gasteiger partial charge in [-0.3, -0.25) is 4.79 Å². The fraction of sp³-hybridized carbons (Fsp3) is 0.444. The zero-order valence-corrected chi connectivity index (χ0v) is 18.1. The van der Waals surface area contributed by atoms with Gasteiger partial charge >= 0.3 is 5.97 Å². The van der Waals surface area contributed by atoms with E-state index in [1.807, 2.05) is 6.07 Å². The molecule has 1 amide bonds. The zero-order valence-electron chi connectivity index (χ0n) is 15.7. The number of amides is 1. The van der Waals surface area contributed by atoms with Gasteiger partial charge in [-0.05, 0) is 44.0 Å². The Morgan fingerprint density at radius 2 is 2.00 bits per heavy atom. The first-order valence-electron chi connectivity index (χ1n) is 9.10. The first-order valence-corrected chi connectivity index (χ1v) is 11.7. The largest absolute Gasteiger partial charge is 0.460 e. The van der Waals surface area contributed by atoms with E-state index in [9.17, 15) is 18.0 Å². The molecule has 11 heteroatoms. The first kappa shape index (κ1) is 21.8.